The van der Waals surface area contributed by atoms with Crippen molar-refractivity contribution in [1.29, 1.82) is 0 Å². The van der Waals surface area contributed by atoms with Gasteiger partial charge in [0.1, 0.15) is 6.54 Å². The molecular formula is C8H8N6O3. The Morgan fingerprint density at radius 3 is 2.76 bits per heavy atom. The number of aromatic carboxylic acids is 1. The number of carboxylic acids is 1. The molecule has 2 rings (SSSR count). The van der Waals surface area contributed by atoms with Crippen LogP contribution >= 0.6 is 0 Å². The van der Waals surface area contributed by atoms with Gasteiger partial charge in [0, 0.05) is 6.07 Å². The van der Waals surface area contributed by atoms with Gasteiger partial charge in [-0.05, 0) is 11.3 Å². The lowest BCUT2D eigenvalue weighted by atomic mass is 10.4. The minimum atomic E-state index is -1.20. The average Bonchev–Trinajstić information content (AvgIpc) is 2.67. The van der Waals surface area contributed by atoms with Crippen LogP contribution in [-0.4, -0.2) is 41.1 Å². The number of hydrogen-bond donors (Lipinski definition) is 1. The number of rotatable bonds is 3. The van der Waals surface area contributed by atoms with Crippen molar-refractivity contribution in [2.45, 2.75) is 6.54 Å². The Bertz CT molecular complexity index is 616. The molecule has 0 aliphatic rings. The fraction of sp³-hybridized carbons (Fsp3) is 0.250. The van der Waals surface area contributed by atoms with Crippen LogP contribution in [-0.2, 0) is 13.6 Å². The van der Waals surface area contributed by atoms with Gasteiger partial charge in [0.2, 0.25) is 0 Å². The fourth-order valence-corrected chi connectivity index (χ4v) is 1.20. The Labute approximate surface area is 94.3 Å². The number of carbonyl (C=O) groups is 1. The zero-order valence-electron chi connectivity index (χ0n) is 8.81. The number of nitrogens with zero attached hydrogens (tertiary/aromatic N) is 6. The van der Waals surface area contributed by atoms with Gasteiger partial charge in [0.25, 0.3) is 5.56 Å². The Hall–Kier alpha value is -2.58. The molecule has 0 aromatic carbocycles. The minimum absolute atomic E-state index is 0.0200. The van der Waals surface area contributed by atoms with E-state index in [4.69, 9.17) is 5.11 Å². The van der Waals surface area contributed by atoms with Crippen LogP contribution in [0.2, 0.25) is 0 Å². The van der Waals surface area contributed by atoms with Gasteiger partial charge in [-0.25, -0.2) is 9.48 Å². The molecule has 0 fully saturated rings. The molecule has 0 saturated heterocycles. The van der Waals surface area contributed by atoms with E-state index in [2.05, 4.69) is 20.5 Å². The Morgan fingerprint density at radius 2 is 2.18 bits per heavy atom. The molecule has 0 atom stereocenters. The summed E-state index contributed by atoms with van der Waals surface area (Å²) in [5.41, 5.74) is -0.643. The van der Waals surface area contributed by atoms with Gasteiger partial charge >= 0.3 is 5.97 Å². The molecule has 2 heterocycles. The maximum Gasteiger partial charge on any atom is 0.356 e. The van der Waals surface area contributed by atoms with Crippen LogP contribution in [0.25, 0.3) is 0 Å². The standard InChI is InChI=1S/C8H8N6O3/c1-13-11-6(9-12-13)4-14-7(15)3-2-5(10-14)8(16)17/h2-3H,4H2,1H3,(H,16,17). The fourth-order valence-electron chi connectivity index (χ4n) is 1.20. The van der Waals surface area contributed by atoms with Gasteiger partial charge in [-0.2, -0.15) is 9.90 Å². The second kappa shape index (κ2) is 4.12. The van der Waals surface area contributed by atoms with Gasteiger partial charge in [-0.3, -0.25) is 4.79 Å². The zero-order chi connectivity index (χ0) is 12.4. The molecule has 17 heavy (non-hydrogen) atoms. The summed E-state index contributed by atoms with van der Waals surface area (Å²) in [6, 6.07) is 2.28. The lowest BCUT2D eigenvalue weighted by Crippen LogP contribution is -2.25. The molecule has 0 aliphatic heterocycles. The first-order valence-electron chi connectivity index (χ1n) is 4.60. The summed E-state index contributed by atoms with van der Waals surface area (Å²) in [6.45, 7) is -0.0200. The van der Waals surface area contributed by atoms with Crippen molar-refractivity contribution in [3.63, 3.8) is 0 Å². The summed E-state index contributed by atoms with van der Waals surface area (Å²) in [5.74, 6) is -0.921. The minimum Gasteiger partial charge on any atom is -0.476 e. The van der Waals surface area contributed by atoms with E-state index in [1.54, 1.807) is 7.05 Å². The topological polar surface area (TPSA) is 116 Å². The lowest BCUT2D eigenvalue weighted by molar-refractivity contribution is 0.0687. The molecule has 0 radical (unpaired) electrons. The quantitative estimate of drug-likeness (QED) is 0.690. The molecule has 0 spiro atoms. The highest BCUT2D eigenvalue weighted by Crippen LogP contribution is 1.92. The van der Waals surface area contributed by atoms with Crippen molar-refractivity contribution >= 4 is 5.97 Å². The number of hydrogen-bond acceptors (Lipinski definition) is 6. The molecule has 0 bridgehead atoms. The molecule has 0 aliphatic carbocycles. The molecule has 1 N–H and O–H groups in total. The normalized spacial score (nSPS) is 10.4. The largest absolute Gasteiger partial charge is 0.476 e. The van der Waals surface area contributed by atoms with Crippen molar-refractivity contribution in [2.24, 2.45) is 7.05 Å². The average molecular weight is 236 g/mol. The van der Waals surface area contributed by atoms with Gasteiger partial charge in [0.05, 0.1) is 7.05 Å². The van der Waals surface area contributed by atoms with Crippen LogP contribution in [0.1, 0.15) is 16.3 Å². The Kier molecular flexibility index (Phi) is 2.65. The van der Waals surface area contributed by atoms with Crippen LogP contribution in [0.15, 0.2) is 16.9 Å². The Balaban J connectivity index is 2.35. The molecule has 9 nitrogen and oxygen atoms in total. The molecule has 2 aromatic rings. The predicted octanol–water partition coefficient (Wildman–Crippen LogP) is -1.49. The van der Waals surface area contributed by atoms with Crippen LogP contribution < -0.4 is 5.56 Å². The van der Waals surface area contributed by atoms with Gasteiger partial charge in [0.15, 0.2) is 11.5 Å². The van der Waals surface area contributed by atoms with Crippen LogP contribution in [0.4, 0.5) is 0 Å². The maximum atomic E-state index is 11.4. The summed E-state index contributed by atoms with van der Waals surface area (Å²) in [4.78, 5) is 23.4. The van der Waals surface area contributed by atoms with Crippen molar-refractivity contribution in [1.82, 2.24) is 30.0 Å². The summed E-state index contributed by atoms with van der Waals surface area (Å²) in [5, 5.41) is 23.6. The second-order valence-corrected chi connectivity index (χ2v) is 3.21. The van der Waals surface area contributed by atoms with E-state index in [-0.39, 0.29) is 18.1 Å². The summed E-state index contributed by atoms with van der Waals surface area (Å²) >= 11 is 0. The van der Waals surface area contributed by atoms with Crippen molar-refractivity contribution in [3.05, 3.63) is 34.0 Å². The first kappa shape index (κ1) is 10.9. The number of tetrazole rings is 1. The first-order chi connectivity index (χ1) is 8.06. The predicted molar refractivity (Wildman–Crippen MR) is 53.4 cm³/mol. The summed E-state index contributed by atoms with van der Waals surface area (Å²) < 4.78 is 0.973. The van der Waals surface area contributed by atoms with E-state index in [0.717, 1.165) is 16.8 Å². The van der Waals surface area contributed by atoms with Gasteiger partial charge in [-0.1, -0.05) is 0 Å². The SMILES string of the molecule is Cn1nnc(Cn2nc(C(=O)O)ccc2=O)n1. The smallest absolute Gasteiger partial charge is 0.356 e. The molecule has 9 heteroatoms. The monoisotopic (exact) mass is 236 g/mol. The van der Waals surface area contributed by atoms with Crippen molar-refractivity contribution in [3.8, 4) is 0 Å². The first-order valence-corrected chi connectivity index (χ1v) is 4.60. The van der Waals surface area contributed by atoms with Gasteiger partial charge < -0.3 is 5.11 Å². The Morgan fingerprint density at radius 1 is 1.41 bits per heavy atom. The zero-order valence-corrected chi connectivity index (χ0v) is 8.81. The number of carboxylic acid groups (broad SMARTS) is 1. The highest BCUT2D eigenvalue weighted by molar-refractivity contribution is 5.84. The van der Waals surface area contributed by atoms with E-state index in [0.29, 0.717) is 0 Å². The molecule has 0 unspecified atom stereocenters. The number of aromatic nitrogens is 6. The maximum absolute atomic E-state index is 11.4. The molecule has 2 aromatic heterocycles. The van der Waals surface area contributed by atoms with Crippen molar-refractivity contribution in [2.75, 3.05) is 0 Å². The second-order valence-electron chi connectivity index (χ2n) is 3.21. The highest BCUT2D eigenvalue weighted by atomic mass is 16.4. The number of aryl methyl sites for hydroxylation is 1. The molecular weight excluding hydrogens is 228 g/mol. The third kappa shape index (κ3) is 2.33. The summed E-state index contributed by atoms with van der Waals surface area (Å²) in [6.07, 6.45) is 0. The molecule has 0 saturated carbocycles. The van der Waals surface area contributed by atoms with Crippen LogP contribution in [0.3, 0.4) is 0 Å². The van der Waals surface area contributed by atoms with E-state index in [1.165, 1.54) is 4.80 Å². The lowest BCUT2D eigenvalue weighted by Gasteiger charge is -2.01. The van der Waals surface area contributed by atoms with E-state index in [9.17, 15) is 9.59 Å². The van der Waals surface area contributed by atoms with E-state index in [1.807, 2.05) is 0 Å². The van der Waals surface area contributed by atoms with Gasteiger partial charge in [-0.15, -0.1) is 10.2 Å². The molecule has 0 amide bonds. The van der Waals surface area contributed by atoms with E-state index < -0.39 is 11.5 Å². The highest BCUT2D eigenvalue weighted by Gasteiger charge is 2.09. The summed E-state index contributed by atoms with van der Waals surface area (Å²) in [7, 11) is 1.58. The third-order valence-electron chi connectivity index (χ3n) is 1.93. The van der Waals surface area contributed by atoms with Crippen molar-refractivity contribution < 1.29 is 9.90 Å². The van der Waals surface area contributed by atoms with Crippen LogP contribution in [0.5, 0.6) is 0 Å². The van der Waals surface area contributed by atoms with E-state index >= 15 is 0 Å². The van der Waals surface area contributed by atoms with Crippen LogP contribution in [0, 0.1) is 0 Å². The molecule has 88 valence electrons. The third-order valence-corrected chi connectivity index (χ3v) is 1.93.